The van der Waals surface area contributed by atoms with Crippen LogP contribution in [0.2, 0.25) is 5.15 Å². The third-order valence-corrected chi connectivity index (χ3v) is 4.00. The summed E-state index contributed by atoms with van der Waals surface area (Å²) in [6, 6.07) is 3.27. The summed E-state index contributed by atoms with van der Waals surface area (Å²) >= 11 is 5.85. The fourth-order valence-corrected chi connectivity index (χ4v) is 2.90. The van der Waals surface area contributed by atoms with Gasteiger partial charge in [-0.25, -0.2) is 4.98 Å². The molecule has 2 N–H and O–H groups in total. The molecular formula is C14H19ClN2O2. The summed E-state index contributed by atoms with van der Waals surface area (Å²) in [5.41, 5.74) is 1.10. The van der Waals surface area contributed by atoms with Gasteiger partial charge < -0.3 is 10.4 Å². The minimum Gasteiger partial charge on any atom is -0.396 e. The third kappa shape index (κ3) is 3.45. The van der Waals surface area contributed by atoms with E-state index >= 15 is 0 Å². The Morgan fingerprint density at radius 3 is 2.74 bits per heavy atom. The molecule has 1 amide bonds. The SMILES string of the molecule is Cc1cc(C(=O)NCC2(CO)CCCC2)cc(Cl)n1. The predicted molar refractivity (Wildman–Crippen MR) is 74.3 cm³/mol. The van der Waals surface area contributed by atoms with E-state index in [4.69, 9.17) is 11.6 Å². The maximum atomic E-state index is 12.1. The molecule has 1 aromatic heterocycles. The van der Waals surface area contributed by atoms with Gasteiger partial charge in [0.15, 0.2) is 0 Å². The third-order valence-electron chi connectivity index (χ3n) is 3.81. The average molecular weight is 283 g/mol. The standard InChI is InChI=1S/C14H19ClN2O2/c1-10-6-11(7-12(15)17-10)13(19)16-8-14(9-18)4-2-3-5-14/h6-7,18H,2-5,8-9H2,1H3,(H,16,19). The molecule has 19 heavy (non-hydrogen) atoms. The van der Waals surface area contributed by atoms with Gasteiger partial charge in [-0.1, -0.05) is 24.4 Å². The second-order valence-electron chi connectivity index (χ2n) is 5.37. The van der Waals surface area contributed by atoms with Crippen LogP contribution in [0.25, 0.3) is 0 Å². The summed E-state index contributed by atoms with van der Waals surface area (Å²) in [7, 11) is 0. The summed E-state index contributed by atoms with van der Waals surface area (Å²) in [4.78, 5) is 16.1. The summed E-state index contributed by atoms with van der Waals surface area (Å²) in [6.45, 7) is 2.44. The number of carbonyl (C=O) groups excluding carboxylic acids is 1. The molecule has 0 aromatic carbocycles. The van der Waals surface area contributed by atoms with Crippen molar-refractivity contribution < 1.29 is 9.90 Å². The van der Waals surface area contributed by atoms with Crippen LogP contribution in [0, 0.1) is 12.3 Å². The van der Waals surface area contributed by atoms with Crippen LogP contribution in [-0.4, -0.2) is 29.1 Å². The Hall–Kier alpha value is -1.13. The molecule has 1 fully saturated rings. The first kappa shape index (κ1) is 14.3. The van der Waals surface area contributed by atoms with Gasteiger partial charge in [0, 0.05) is 23.2 Å². The molecule has 1 aliphatic carbocycles. The molecule has 4 nitrogen and oxygen atoms in total. The van der Waals surface area contributed by atoms with Gasteiger partial charge in [0.25, 0.3) is 5.91 Å². The minimum atomic E-state index is -0.160. The zero-order chi connectivity index (χ0) is 13.9. The number of aliphatic hydroxyl groups is 1. The molecule has 0 unspecified atom stereocenters. The van der Waals surface area contributed by atoms with Crippen LogP contribution < -0.4 is 5.32 Å². The molecule has 5 heteroatoms. The van der Waals surface area contributed by atoms with E-state index in [9.17, 15) is 9.90 Å². The summed E-state index contributed by atoms with van der Waals surface area (Å²) in [5, 5.41) is 12.7. The Balaban J connectivity index is 2.01. The van der Waals surface area contributed by atoms with E-state index < -0.39 is 0 Å². The van der Waals surface area contributed by atoms with Crippen molar-refractivity contribution in [2.75, 3.05) is 13.2 Å². The van der Waals surface area contributed by atoms with E-state index in [0.29, 0.717) is 17.3 Å². The van der Waals surface area contributed by atoms with Gasteiger partial charge in [-0.3, -0.25) is 4.79 Å². The van der Waals surface area contributed by atoms with Crippen LogP contribution in [-0.2, 0) is 0 Å². The number of carbonyl (C=O) groups is 1. The molecule has 0 atom stereocenters. The molecule has 2 rings (SSSR count). The van der Waals surface area contributed by atoms with Crippen molar-refractivity contribution in [3.8, 4) is 0 Å². The Morgan fingerprint density at radius 2 is 2.16 bits per heavy atom. The van der Waals surface area contributed by atoms with Crippen LogP contribution in [0.1, 0.15) is 41.7 Å². The number of nitrogens with zero attached hydrogens (tertiary/aromatic N) is 1. The Bertz CT molecular complexity index is 450. The number of aryl methyl sites for hydroxylation is 1. The summed E-state index contributed by atoms with van der Waals surface area (Å²) in [6.07, 6.45) is 4.19. The Labute approximate surface area is 118 Å². The molecule has 1 saturated carbocycles. The fraction of sp³-hybridized carbons (Fsp3) is 0.571. The van der Waals surface area contributed by atoms with Gasteiger partial charge in [0.1, 0.15) is 5.15 Å². The zero-order valence-corrected chi connectivity index (χ0v) is 11.8. The van der Waals surface area contributed by atoms with E-state index in [1.165, 1.54) is 0 Å². The second-order valence-corrected chi connectivity index (χ2v) is 5.76. The molecule has 1 aliphatic rings. The highest BCUT2D eigenvalue weighted by Crippen LogP contribution is 2.36. The van der Waals surface area contributed by atoms with Gasteiger partial charge in [0.05, 0.1) is 6.61 Å². The first-order chi connectivity index (χ1) is 9.04. The molecule has 1 heterocycles. The van der Waals surface area contributed by atoms with E-state index in [1.54, 1.807) is 19.1 Å². The highest BCUT2D eigenvalue weighted by molar-refractivity contribution is 6.29. The largest absolute Gasteiger partial charge is 0.396 e. The van der Waals surface area contributed by atoms with Crippen molar-refractivity contribution in [2.24, 2.45) is 5.41 Å². The lowest BCUT2D eigenvalue weighted by molar-refractivity contribution is 0.0880. The lowest BCUT2D eigenvalue weighted by atomic mass is 9.87. The van der Waals surface area contributed by atoms with Crippen molar-refractivity contribution >= 4 is 17.5 Å². The lowest BCUT2D eigenvalue weighted by Gasteiger charge is -2.26. The highest BCUT2D eigenvalue weighted by Gasteiger charge is 2.33. The van der Waals surface area contributed by atoms with E-state index in [1.807, 2.05) is 0 Å². The number of aromatic nitrogens is 1. The van der Waals surface area contributed by atoms with Crippen LogP contribution in [0.5, 0.6) is 0 Å². The molecule has 0 bridgehead atoms. The molecular weight excluding hydrogens is 264 g/mol. The van der Waals surface area contributed by atoms with Crippen LogP contribution >= 0.6 is 11.6 Å². The van der Waals surface area contributed by atoms with Gasteiger partial charge in [0.2, 0.25) is 0 Å². The van der Waals surface area contributed by atoms with Crippen LogP contribution in [0.3, 0.4) is 0 Å². The maximum absolute atomic E-state index is 12.1. The quantitative estimate of drug-likeness (QED) is 0.833. The zero-order valence-electron chi connectivity index (χ0n) is 11.1. The molecule has 0 aliphatic heterocycles. The Morgan fingerprint density at radius 1 is 1.47 bits per heavy atom. The first-order valence-electron chi connectivity index (χ1n) is 6.58. The van der Waals surface area contributed by atoms with Crippen LogP contribution in [0.15, 0.2) is 12.1 Å². The van der Waals surface area contributed by atoms with Crippen molar-refractivity contribution in [3.05, 3.63) is 28.5 Å². The van der Waals surface area contributed by atoms with Crippen LogP contribution in [0.4, 0.5) is 0 Å². The van der Waals surface area contributed by atoms with Crippen molar-refractivity contribution in [1.29, 1.82) is 0 Å². The number of pyridine rings is 1. The number of nitrogens with one attached hydrogen (secondary N) is 1. The van der Waals surface area contributed by atoms with E-state index in [2.05, 4.69) is 10.3 Å². The summed E-state index contributed by atoms with van der Waals surface area (Å²) in [5.74, 6) is -0.160. The molecule has 0 saturated heterocycles. The Kier molecular flexibility index (Phi) is 4.42. The van der Waals surface area contributed by atoms with Crippen molar-refractivity contribution in [1.82, 2.24) is 10.3 Å². The van der Waals surface area contributed by atoms with E-state index in [0.717, 1.165) is 31.4 Å². The fourth-order valence-electron chi connectivity index (χ4n) is 2.64. The summed E-state index contributed by atoms with van der Waals surface area (Å²) < 4.78 is 0. The molecule has 1 aromatic rings. The predicted octanol–water partition coefficient (Wildman–Crippen LogP) is 2.33. The number of hydrogen-bond acceptors (Lipinski definition) is 3. The van der Waals surface area contributed by atoms with Gasteiger partial charge in [-0.05, 0) is 31.9 Å². The number of halogens is 1. The van der Waals surface area contributed by atoms with E-state index in [-0.39, 0.29) is 17.9 Å². The van der Waals surface area contributed by atoms with Gasteiger partial charge in [-0.15, -0.1) is 0 Å². The average Bonchev–Trinajstić information content (AvgIpc) is 2.84. The van der Waals surface area contributed by atoms with Crippen molar-refractivity contribution in [3.63, 3.8) is 0 Å². The molecule has 0 spiro atoms. The number of amides is 1. The maximum Gasteiger partial charge on any atom is 0.251 e. The number of aliphatic hydroxyl groups excluding tert-OH is 1. The molecule has 104 valence electrons. The van der Waals surface area contributed by atoms with Gasteiger partial charge in [-0.2, -0.15) is 0 Å². The van der Waals surface area contributed by atoms with Crippen molar-refractivity contribution in [2.45, 2.75) is 32.6 Å². The first-order valence-corrected chi connectivity index (χ1v) is 6.96. The monoisotopic (exact) mass is 282 g/mol. The number of hydrogen-bond donors (Lipinski definition) is 2. The number of rotatable bonds is 4. The topological polar surface area (TPSA) is 62.2 Å². The highest BCUT2D eigenvalue weighted by atomic mass is 35.5. The normalized spacial score (nSPS) is 17.4. The second kappa shape index (κ2) is 5.88. The minimum absolute atomic E-state index is 0.128. The smallest absolute Gasteiger partial charge is 0.251 e. The lowest BCUT2D eigenvalue weighted by Crippen LogP contribution is -2.38. The molecule has 0 radical (unpaired) electrons. The van der Waals surface area contributed by atoms with Gasteiger partial charge >= 0.3 is 0 Å².